The number of imidazole rings is 1. The highest BCUT2D eigenvalue weighted by Crippen LogP contribution is 2.22. The van der Waals surface area contributed by atoms with E-state index in [0.717, 1.165) is 37.8 Å². The van der Waals surface area contributed by atoms with E-state index in [1.807, 2.05) is 25.4 Å². The number of aromatic nitrogens is 3. The zero-order chi connectivity index (χ0) is 14.5. The SMILES string of the molecule is Cc1nccn1CCNc1cccc(C2CCCNC2)n1. The fourth-order valence-electron chi connectivity index (χ4n) is 2.83. The highest BCUT2D eigenvalue weighted by Gasteiger charge is 2.16. The summed E-state index contributed by atoms with van der Waals surface area (Å²) in [4.78, 5) is 8.99. The lowest BCUT2D eigenvalue weighted by atomic mass is 9.96. The summed E-state index contributed by atoms with van der Waals surface area (Å²) in [5.41, 5.74) is 1.20. The monoisotopic (exact) mass is 285 g/mol. The number of nitrogens with one attached hydrogen (secondary N) is 2. The van der Waals surface area contributed by atoms with E-state index in [0.29, 0.717) is 5.92 Å². The van der Waals surface area contributed by atoms with Gasteiger partial charge < -0.3 is 15.2 Å². The number of nitrogens with zero attached hydrogens (tertiary/aromatic N) is 3. The van der Waals surface area contributed by atoms with E-state index in [1.54, 1.807) is 0 Å². The molecule has 112 valence electrons. The molecule has 3 rings (SSSR count). The van der Waals surface area contributed by atoms with Gasteiger partial charge in [0.25, 0.3) is 0 Å². The number of hydrogen-bond donors (Lipinski definition) is 2. The van der Waals surface area contributed by atoms with Crippen molar-refractivity contribution in [2.24, 2.45) is 0 Å². The van der Waals surface area contributed by atoms with Gasteiger partial charge in [-0.15, -0.1) is 0 Å². The van der Waals surface area contributed by atoms with Crippen LogP contribution in [0.2, 0.25) is 0 Å². The van der Waals surface area contributed by atoms with Crippen molar-refractivity contribution in [2.75, 3.05) is 25.0 Å². The maximum atomic E-state index is 4.76. The van der Waals surface area contributed by atoms with Crippen molar-refractivity contribution in [3.63, 3.8) is 0 Å². The predicted octanol–water partition coefficient (Wildman–Crippen LogP) is 2.17. The Bertz CT molecular complexity index is 572. The van der Waals surface area contributed by atoms with Gasteiger partial charge in [0.15, 0.2) is 0 Å². The third kappa shape index (κ3) is 3.61. The van der Waals surface area contributed by atoms with Gasteiger partial charge in [0.05, 0.1) is 0 Å². The van der Waals surface area contributed by atoms with E-state index in [-0.39, 0.29) is 0 Å². The molecular formula is C16H23N5. The normalized spacial score (nSPS) is 18.6. The van der Waals surface area contributed by atoms with Gasteiger partial charge in [0.2, 0.25) is 0 Å². The second-order valence-corrected chi connectivity index (χ2v) is 5.59. The first-order valence-corrected chi connectivity index (χ1v) is 7.72. The van der Waals surface area contributed by atoms with Gasteiger partial charge >= 0.3 is 0 Å². The summed E-state index contributed by atoms with van der Waals surface area (Å²) in [5.74, 6) is 2.57. The van der Waals surface area contributed by atoms with E-state index in [2.05, 4.69) is 32.3 Å². The molecule has 1 saturated heterocycles. The lowest BCUT2D eigenvalue weighted by Gasteiger charge is -2.22. The third-order valence-corrected chi connectivity index (χ3v) is 4.07. The summed E-state index contributed by atoms with van der Waals surface area (Å²) in [7, 11) is 0. The smallest absolute Gasteiger partial charge is 0.126 e. The quantitative estimate of drug-likeness (QED) is 0.884. The van der Waals surface area contributed by atoms with Gasteiger partial charge in [0, 0.05) is 43.6 Å². The summed E-state index contributed by atoms with van der Waals surface area (Å²) >= 11 is 0. The third-order valence-electron chi connectivity index (χ3n) is 4.07. The zero-order valence-electron chi connectivity index (χ0n) is 12.5. The van der Waals surface area contributed by atoms with E-state index in [1.165, 1.54) is 18.5 Å². The van der Waals surface area contributed by atoms with Crippen LogP contribution in [-0.4, -0.2) is 34.2 Å². The Labute approximate surface area is 125 Å². The van der Waals surface area contributed by atoms with Gasteiger partial charge in [-0.25, -0.2) is 9.97 Å². The van der Waals surface area contributed by atoms with Crippen LogP contribution in [0, 0.1) is 6.92 Å². The molecular weight excluding hydrogens is 262 g/mol. The van der Waals surface area contributed by atoms with Gasteiger partial charge in [-0.3, -0.25) is 0 Å². The van der Waals surface area contributed by atoms with E-state index < -0.39 is 0 Å². The molecule has 3 heterocycles. The number of anilines is 1. The molecule has 21 heavy (non-hydrogen) atoms. The van der Waals surface area contributed by atoms with Crippen LogP contribution in [0.25, 0.3) is 0 Å². The Morgan fingerprint density at radius 2 is 2.38 bits per heavy atom. The minimum atomic E-state index is 0.552. The molecule has 1 aliphatic heterocycles. The minimum Gasteiger partial charge on any atom is -0.368 e. The van der Waals surface area contributed by atoms with Gasteiger partial charge in [-0.05, 0) is 38.4 Å². The van der Waals surface area contributed by atoms with Crippen molar-refractivity contribution in [2.45, 2.75) is 32.2 Å². The molecule has 1 atom stereocenters. The largest absolute Gasteiger partial charge is 0.368 e. The Morgan fingerprint density at radius 1 is 1.43 bits per heavy atom. The van der Waals surface area contributed by atoms with Crippen LogP contribution in [0.4, 0.5) is 5.82 Å². The second-order valence-electron chi connectivity index (χ2n) is 5.59. The fourth-order valence-corrected chi connectivity index (χ4v) is 2.83. The maximum Gasteiger partial charge on any atom is 0.126 e. The molecule has 1 unspecified atom stereocenters. The topological polar surface area (TPSA) is 54.8 Å². The Hall–Kier alpha value is -1.88. The number of pyridine rings is 1. The highest BCUT2D eigenvalue weighted by atomic mass is 15.1. The van der Waals surface area contributed by atoms with Crippen LogP contribution in [0.1, 0.15) is 30.3 Å². The molecule has 2 N–H and O–H groups in total. The lowest BCUT2D eigenvalue weighted by Crippen LogP contribution is -2.28. The van der Waals surface area contributed by atoms with Crippen molar-refractivity contribution in [3.8, 4) is 0 Å². The van der Waals surface area contributed by atoms with E-state index in [4.69, 9.17) is 4.98 Å². The Morgan fingerprint density at radius 3 is 3.14 bits per heavy atom. The van der Waals surface area contributed by atoms with Crippen LogP contribution in [0.5, 0.6) is 0 Å². The Kier molecular flexibility index (Phi) is 4.50. The fraction of sp³-hybridized carbons (Fsp3) is 0.500. The molecule has 0 spiro atoms. The van der Waals surface area contributed by atoms with E-state index in [9.17, 15) is 0 Å². The number of aryl methyl sites for hydroxylation is 1. The number of piperidine rings is 1. The summed E-state index contributed by atoms with van der Waals surface area (Å²) in [6.07, 6.45) is 6.32. The molecule has 2 aromatic rings. The molecule has 2 aromatic heterocycles. The van der Waals surface area contributed by atoms with Crippen molar-refractivity contribution in [3.05, 3.63) is 42.1 Å². The average Bonchev–Trinajstić information content (AvgIpc) is 2.94. The van der Waals surface area contributed by atoms with Crippen molar-refractivity contribution < 1.29 is 0 Å². The van der Waals surface area contributed by atoms with Crippen LogP contribution in [0.3, 0.4) is 0 Å². The predicted molar refractivity (Wildman–Crippen MR) is 84.5 cm³/mol. The number of hydrogen-bond acceptors (Lipinski definition) is 4. The van der Waals surface area contributed by atoms with Crippen LogP contribution in [-0.2, 0) is 6.54 Å². The Balaban J connectivity index is 1.57. The zero-order valence-corrected chi connectivity index (χ0v) is 12.5. The van der Waals surface area contributed by atoms with Crippen LogP contribution in [0.15, 0.2) is 30.6 Å². The molecule has 0 saturated carbocycles. The second kappa shape index (κ2) is 6.72. The standard InChI is InChI=1S/C16H23N5/c1-13-18-8-10-21(13)11-9-19-16-6-2-5-15(20-16)14-4-3-7-17-12-14/h2,5-6,8,10,14,17H,3-4,7,9,11-12H2,1H3,(H,19,20). The first-order chi connectivity index (χ1) is 10.3. The van der Waals surface area contributed by atoms with Crippen molar-refractivity contribution >= 4 is 5.82 Å². The average molecular weight is 285 g/mol. The van der Waals surface area contributed by atoms with Crippen LogP contribution >= 0.6 is 0 Å². The van der Waals surface area contributed by atoms with Gasteiger partial charge in [0.1, 0.15) is 11.6 Å². The summed E-state index contributed by atoms with van der Waals surface area (Å²) in [5, 5.41) is 6.86. The van der Waals surface area contributed by atoms with E-state index >= 15 is 0 Å². The first-order valence-electron chi connectivity index (χ1n) is 7.72. The lowest BCUT2D eigenvalue weighted by molar-refractivity contribution is 0.455. The van der Waals surface area contributed by atoms with Gasteiger partial charge in [-0.2, -0.15) is 0 Å². The molecule has 0 bridgehead atoms. The molecule has 0 amide bonds. The van der Waals surface area contributed by atoms with Crippen LogP contribution < -0.4 is 10.6 Å². The van der Waals surface area contributed by atoms with Crippen molar-refractivity contribution in [1.29, 1.82) is 0 Å². The molecule has 5 nitrogen and oxygen atoms in total. The highest BCUT2D eigenvalue weighted by molar-refractivity contribution is 5.36. The molecule has 0 aromatic carbocycles. The molecule has 0 radical (unpaired) electrons. The molecule has 1 aliphatic rings. The summed E-state index contributed by atoms with van der Waals surface area (Å²) < 4.78 is 2.14. The molecule has 0 aliphatic carbocycles. The first kappa shape index (κ1) is 14.1. The molecule has 1 fully saturated rings. The minimum absolute atomic E-state index is 0.552. The summed E-state index contributed by atoms with van der Waals surface area (Å²) in [6.45, 7) is 5.97. The van der Waals surface area contributed by atoms with Crippen molar-refractivity contribution in [1.82, 2.24) is 19.9 Å². The maximum absolute atomic E-state index is 4.76. The summed E-state index contributed by atoms with van der Waals surface area (Å²) in [6, 6.07) is 6.28. The van der Waals surface area contributed by atoms with Gasteiger partial charge in [-0.1, -0.05) is 6.07 Å². The molecule has 5 heteroatoms. The number of rotatable bonds is 5.